The maximum absolute atomic E-state index is 6.03. The minimum Gasteiger partial charge on any atom is -0.493 e. The standard InChI is InChI=1S/C20H22N2O3S/c1-5-12-6-8-13(9-7-12)17-19(26-20(21)22-17)14-10-15(23-2)18(25-4)16(11-14)24-3/h6-11H,5H2,1-4H3,(H2,21,22). The number of anilines is 1. The van der Waals surface area contributed by atoms with E-state index in [0.29, 0.717) is 22.4 Å². The van der Waals surface area contributed by atoms with Gasteiger partial charge in [0.1, 0.15) is 0 Å². The summed E-state index contributed by atoms with van der Waals surface area (Å²) in [6.45, 7) is 2.14. The minimum atomic E-state index is 0.517. The summed E-state index contributed by atoms with van der Waals surface area (Å²) >= 11 is 1.44. The van der Waals surface area contributed by atoms with Crippen molar-refractivity contribution in [2.24, 2.45) is 0 Å². The third-order valence-electron chi connectivity index (χ3n) is 4.21. The maximum atomic E-state index is 6.03. The Morgan fingerprint density at radius 1 is 0.923 bits per heavy atom. The van der Waals surface area contributed by atoms with E-state index >= 15 is 0 Å². The van der Waals surface area contributed by atoms with Crippen LogP contribution in [-0.4, -0.2) is 26.3 Å². The zero-order valence-corrected chi connectivity index (χ0v) is 16.1. The summed E-state index contributed by atoms with van der Waals surface area (Å²) in [6, 6.07) is 12.2. The van der Waals surface area contributed by atoms with Crippen LogP contribution >= 0.6 is 11.3 Å². The van der Waals surface area contributed by atoms with Gasteiger partial charge in [0.05, 0.1) is 31.9 Å². The average molecular weight is 370 g/mol. The van der Waals surface area contributed by atoms with Crippen molar-refractivity contribution in [1.29, 1.82) is 0 Å². The zero-order chi connectivity index (χ0) is 18.7. The molecule has 0 aliphatic carbocycles. The van der Waals surface area contributed by atoms with Gasteiger partial charge in [-0.2, -0.15) is 0 Å². The lowest BCUT2D eigenvalue weighted by molar-refractivity contribution is 0.324. The zero-order valence-electron chi connectivity index (χ0n) is 15.3. The highest BCUT2D eigenvalue weighted by molar-refractivity contribution is 7.19. The van der Waals surface area contributed by atoms with Crippen molar-refractivity contribution in [2.75, 3.05) is 27.1 Å². The molecule has 0 fully saturated rings. The number of hydrogen-bond acceptors (Lipinski definition) is 6. The van der Waals surface area contributed by atoms with Gasteiger partial charge in [-0.3, -0.25) is 0 Å². The fourth-order valence-corrected chi connectivity index (χ4v) is 3.68. The van der Waals surface area contributed by atoms with E-state index in [1.165, 1.54) is 16.9 Å². The van der Waals surface area contributed by atoms with E-state index in [2.05, 4.69) is 36.2 Å². The smallest absolute Gasteiger partial charge is 0.203 e. The molecule has 0 bridgehead atoms. The normalized spacial score (nSPS) is 10.6. The Labute approximate surface area is 157 Å². The minimum absolute atomic E-state index is 0.517. The summed E-state index contributed by atoms with van der Waals surface area (Å²) in [5.41, 5.74) is 10.1. The van der Waals surface area contributed by atoms with Crippen molar-refractivity contribution in [3.05, 3.63) is 42.0 Å². The molecule has 2 aromatic carbocycles. The van der Waals surface area contributed by atoms with Gasteiger partial charge in [-0.25, -0.2) is 4.98 Å². The first kappa shape index (κ1) is 18.1. The lowest BCUT2D eigenvalue weighted by atomic mass is 10.0. The number of aromatic nitrogens is 1. The van der Waals surface area contributed by atoms with Gasteiger partial charge >= 0.3 is 0 Å². The fourth-order valence-electron chi connectivity index (χ4n) is 2.84. The van der Waals surface area contributed by atoms with Gasteiger partial charge in [0.2, 0.25) is 5.75 Å². The van der Waals surface area contributed by atoms with Crippen molar-refractivity contribution in [1.82, 2.24) is 4.98 Å². The number of rotatable bonds is 6. The number of nitrogen functional groups attached to an aromatic ring is 1. The molecule has 1 heterocycles. The first-order valence-electron chi connectivity index (χ1n) is 8.27. The Balaban J connectivity index is 2.15. The number of hydrogen-bond donors (Lipinski definition) is 1. The van der Waals surface area contributed by atoms with Gasteiger partial charge in [-0.05, 0) is 24.1 Å². The van der Waals surface area contributed by atoms with E-state index < -0.39 is 0 Å². The monoisotopic (exact) mass is 370 g/mol. The summed E-state index contributed by atoms with van der Waals surface area (Å²) in [7, 11) is 4.80. The molecule has 136 valence electrons. The Morgan fingerprint density at radius 2 is 1.54 bits per heavy atom. The third kappa shape index (κ3) is 3.32. The highest BCUT2D eigenvalue weighted by Crippen LogP contribution is 2.45. The van der Waals surface area contributed by atoms with Crippen LogP contribution < -0.4 is 19.9 Å². The number of aryl methyl sites for hydroxylation is 1. The SMILES string of the molecule is CCc1ccc(-c2nc(N)sc2-c2cc(OC)c(OC)c(OC)c2)cc1. The molecule has 0 saturated carbocycles. The molecule has 0 amide bonds. The number of thiazole rings is 1. The molecular formula is C20H22N2O3S. The van der Waals surface area contributed by atoms with Crippen LogP contribution in [0.1, 0.15) is 12.5 Å². The van der Waals surface area contributed by atoms with Crippen molar-refractivity contribution >= 4 is 16.5 Å². The topological polar surface area (TPSA) is 66.6 Å². The number of nitrogens with two attached hydrogens (primary N) is 1. The highest BCUT2D eigenvalue weighted by Gasteiger charge is 2.19. The second-order valence-corrected chi connectivity index (χ2v) is 6.72. The van der Waals surface area contributed by atoms with E-state index in [-0.39, 0.29) is 0 Å². The molecule has 0 saturated heterocycles. The summed E-state index contributed by atoms with van der Waals surface area (Å²) in [5, 5.41) is 0.517. The molecule has 26 heavy (non-hydrogen) atoms. The first-order chi connectivity index (χ1) is 12.6. The van der Waals surface area contributed by atoms with Gasteiger partial charge in [-0.15, -0.1) is 0 Å². The summed E-state index contributed by atoms with van der Waals surface area (Å²) in [4.78, 5) is 5.51. The Kier molecular flexibility index (Phi) is 5.32. The maximum Gasteiger partial charge on any atom is 0.203 e. The molecule has 5 nitrogen and oxygen atoms in total. The first-order valence-corrected chi connectivity index (χ1v) is 9.08. The van der Waals surface area contributed by atoms with Gasteiger partial charge in [0, 0.05) is 11.1 Å². The largest absolute Gasteiger partial charge is 0.493 e. The Morgan fingerprint density at radius 3 is 2.04 bits per heavy atom. The van der Waals surface area contributed by atoms with Gasteiger partial charge in [-0.1, -0.05) is 42.5 Å². The van der Waals surface area contributed by atoms with Gasteiger partial charge in [0.15, 0.2) is 16.6 Å². The highest BCUT2D eigenvalue weighted by atomic mass is 32.1. The molecule has 3 rings (SSSR count). The van der Waals surface area contributed by atoms with Crippen LogP contribution in [0, 0.1) is 0 Å². The number of ether oxygens (including phenoxy) is 3. The van der Waals surface area contributed by atoms with Crippen molar-refractivity contribution in [2.45, 2.75) is 13.3 Å². The van der Waals surface area contributed by atoms with E-state index in [4.69, 9.17) is 19.9 Å². The Bertz CT molecular complexity index is 879. The van der Waals surface area contributed by atoms with Crippen LogP contribution in [0.2, 0.25) is 0 Å². The molecule has 0 spiro atoms. The predicted molar refractivity (Wildman–Crippen MR) is 106 cm³/mol. The van der Waals surface area contributed by atoms with Gasteiger partial charge < -0.3 is 19.9 Å². The predicted octanol–water partition coefficient (Wildman–Crippen LogP) is 4.65. The van der Waals surface area contributed by atoms with Crippen molar-refractivity contribution < 1.29 is 14.2 Å². The molecule has 6 heteroatoms. The number of methoxy groups -OCH3 is 3. The summed E-state index contributed by atoms with van der Waals surface area (Å²) in [6.07, 6.45) is 0.999. The van der Waals surface area contributed by atoms with E-state index in [1.54, 1.807) is 21.3 Å². The Hall–Kier alpha value is -2.73. The summed E-state index contributed by atoms with van der Waals surface area (Å²) in [5.74, 6) is 1.76. The van der Waals surface area contributed by atoms with Crippen molar-refractivity contribution in [3.8, 4) is 38.9 Å². The molecule has 0 aliphatic heterocycles. The number of nitrogens with zero attached hydrogens (tertiary/aromatic N) is 1. The molecule has 0 aliphatic rings. The van der Waals surface area contributed by atoms with Crippen molar-refractivity contribution in [3.63, 3.8) is 0 Å². The molecule has 1 aromatic heterocycles. The van der Waals surface area contributed by atoms with Crippen LogP contribution in [0.15, 0.2) is 36.4 Å². The van der Waals surface area contributed by atoms with Crippen LogP contribution in [0.25, 0.3) is 21.7 Å². The van der Waals surface area contributed by atoms with E-state index in [9.17, 15) is 0 Å². The van der Waals surface area contributed by atoms with E-state index in [0.717, 1.165) is 28.1 Å². The fraction of sp³-hybridized carbons (Fsp3) is 0.250. The second kappa shape index (κ2) is 7.66. The lowest BCUT2D eigenvalue weighted by Crippen LogP contribution is -1.95. The molecule has 2 N–H and O–H groups in total. The lowest BCUT2D eigenvalue weighted by Gasteiger charge is -2.14. The molecular weight excluding hydrogens is 348 g/mol. The van der Waals surface area contributed by atoms with E-state index in [1.807, 2.05) is 12.1 Å². The van der Waals surface area contributed by atoms with Crippen LogP contribution in [0.5, 0.6) is 17.2 Å². The number of benzene rings is 2. The van der Waals surface area contributed by atoms with Crippen LogP contribution in [0.3, 0.4) is 0 Å². The van der Waals surface area contributed by atoms with Crippen LogP contribution in [0.4, 0.5) is 5.13 Å². The molecule has 3 aromatic rings. The third-order valence-corrected chi connectivity index (χ3v) is 5.14. The quantitative estimate of drug-likeness (QED) is 0.684. The molecule has 0 atom stereocenters. The van der Waals surface area contributed by atoms with Crippen LogP contribution in [-0.2, 0) is 6.42 Å². The summed E-state index contributed by atoms with van der Waals surface area (Å²) < 4.78 is 16.4. The molecule has 0 unspecified atom stereocenters. The molecule has 0 radical (unpaired) electrons. The second-order valence-electron chi connectivity index (χ2n) is 5.69. The van der Waals surface area contributed by atoms with Gasteiger partial charge in [0.25, 0.3) is 0 Å². The average Bonchev–Trinajstić information content (AvgIpc) is 3.08.